The Morgan fingerprint density at radius 2 is 1.12 bits per heavy atom. The Morgan fingerprint density at radius 3 is 1.60 bits per heavy atom. The van der Waals surface area contributed by atoms with Crippen molar-refractivity contribution in [2.24, 2.45) is 0 Å². The van der Waals surface area contributed by atoms with Gasteiger partial charge in [-0.2, -0.15) is 0 Å². The fourth-order valence-electron chi connectivity index (χ4n) is 2.86. The molecule has 3 aromatic rings. The molecule has 0 unspecified atom stereocenters. The van der Waals surface area contributed by atoms with E-state index < -0.39 is 8.32 Å². The van der Waals surface area contributed by atoms with Crippen LogP contribution in [0.1, 0.15) is 0 Å². The van der Waals surface area contributed by atoms with Crippen LogP contribution in [0.2, 0.25) is 19.1 Å². The molecule has 1 nitrogen and oxygen atoms in total. The molecule has 0 aliphatic carbocycles. The Bertz CT molecular complexity index is 720. The molecule has 0 aliphatic rings. The van der Waals surface area contributed by atoms with E-state index in [-0.39, 0.29) is 7.92 Å². The van der Waals surface area contributed by atoms with Crippen molar-refractivity contribution < 1.29 is 4.43 Å². The molecule has 0 saturated carbocycles. The fourth-order valence-corrected chi connectivity index (χ4v) is 8.67. The van der Waals surface area contributed by atoms with Gasteiger partial charge in [-0.3, -0.25) is 0 Å². The van der Waals surface area contributed by atoms with Crippen molar-refractivity contribution in [1.29, 1.82) is 0 Å². The minimum Gasteiger partial charge on any atom is -0.544 e. The Morgan fingerprint density at radius 1 is 0.680 bits per heavy atom. The summed E-state index contributed by atoms with van der Waals surface area (Å²) in [6.07, 6.45) is 1.18. The predicted molar refractivity (Wildman–Crippen MR) is 113 cm³/mol. The van der Waals surface area contributed by atoms with E-state index in [0.29, 0.717) is 0 Å². The van der Waals surface area contributed by atoms with Crippen molar-refractivity contribution in [2.75, 3.05) is 6.16 Å². The molecule has 0 aliphatic heterocycles. The molecule has 3 aromatic carbocycles. The maximum atomic E-state index is 6.37. The highest BCUT2D eigenvalue weighted by atomic mass is 31.1. The average Bonchev–Trinajstić information content (AvgIpc) is 2.64. The van der Waals surface area contributed by atoms with E-state index in [9.17, 15) is 0 Å². The summed E-state index contributed by atoms with van der Waals surface area (Å²) in [7, 11) is -2.09. The number of para-hydroxylation sites is 1. The van der Waals surface area contributed by atoms with Crippen LogP contribution in [0.5, 0.6) is 5.75 Å². The zero-order valence-electron chi connectivity index (χ0n) is 14.9. The lowest BCUT2D eigenvalue weighted by atomic mass is 10.3. The highest BCUT2D eigenvalue weighted by molar-refractivity contribution is 7.73. The van der Waals surface area contributed by atoms with Crippen LogP contribution >= 0.6 is 7.92 Å². The monoisotopic (exact) mass is 364 g/mol. The second kappa shape index (κ2) is 8.47. The molecule has 3 heteroatoms. The lowest BCUT2D eigenvalue weighted by molar-refractivity contribution is 0.550. The molecule has 0 N–H and O–H groups in total. The van der Waals surface area contributed by atoms with Gasteiger partial charge in [-0.05, 0) is 56.0 Å². The lowest BCUT2D eigenvalue weighted by Gasteiger charge is -2.27. The van der Waals surface area contributed by atoms with Gasteiger partial charge in [0.1, 0.15) is 5.75 Å². The number of hydrogen-bond donors (Lipinski definition) is 0. The smallest absolute Gasteiger partial charge is 0.245 e. The van der Waals surface area contributed by atoms with Crippen LogP contribution in [0, 0.1) is 0 Å². The molecule has 0 spiro atoms. The second-order valence-corrected chi connectivity index (χ2v) is 13.3. The van der Waals surface area contributed by atoms with Gasteiger partial charge in [0.05, 0.1) is 0 Å². The zero-order valence-corrected chi connectivity index (χ0v) is 16.8. The Hall–Kier alpha value is -1.89. The van der Waals surface area contributed by atoms with Crippen LogP contribution in [-0.4, -0.2) is 14.5 Å². The van der Waals surface area contributed by atoms with Gasteiger partial charge < -0.3 is 4.43 Å². The molecule has 128 valence electrons. The summed E-state index contributed by atoms with van der Waals surface area (Å²) in [5.41, 5.74) is 0. The van der Waals surface area contributed by atoms with Crippen molar-refractivity contribution >= 4 is 26.8 Å². The summed E-state index contributed by atoms with van der Waals surface area (Å²) in [6, 6.07) is 33.3. The van der Waals surface area contributed by atoms with Crippen LogP contribution in [0.25, 0.3) is 0 Å². The fraction of sp³-hybridized carbons (Fsp3) is 0.182. The standard InChI is InChI=1S/C22H25OPSi/c1-25(2,23-20-12-6-3-7-13-20)19-18-24(21-14-8-4-9-15-21)22-16-10-5-11-17-22/h3-17H,18-19H2,1-2H3. The minimum absolute atomic E-state index is 0.335. The molecule has 0 aromatic heterocycles. The summed E-state index contributed by atoms with van der Waals surface area (Å²) in [5, 5.41) is 2.90. The largest absolute Gasteiger partial charge is 0.544 e. The number of rotatable bonds is 7. The summed E-state index contributed by atoms with van der Waals surface area (Å²) in [6.45, 7) is 4.65. The van der Waals surface area contributed by atoms with E-state index in [2.05, 4.69) is 85.9 Å². The van der Waals surface area contributed by atoms with Gasteiger partial charge in [0.15, 0.2) is 0 Å². The number of benzene rings is 3. The first-order valence-electron chi connectivity index (χ1n) is 8.76. The highest BCUT2D eigenvalue weighted by Gasteiger charge is 2.26. The van der Waals surface area contributed by atoms with Gasteiger partial charge in [0, 0.05) is 0 Å². The highest BCUT2D eigenvalue weighted by Crippen LogP contribution is 2.36. The molecule has 3 rings (SSSR count). The molecular formula is C22H25OPSi. The Balaban J connectivity index is 1.74. The summed E-state index contributed by atoms with van der Waals surface area (Å²) < 4.78 is 6.37. The third-order valence-electron chi connectivity index (χ3n) is 4.21. The molecule has 0 heterocycles. The van der Waals surface area contributed by atoms with Gasteiger partial charge >= 0.3 is 0 Å². The molecule has 25 heavy (non-hydrogen) atoms. The van der Waals surface area contributed by atoms with Crippen LogP contribution in [0.15, 0.2) is 91.0 Å². The van der Waals surface area contributed by atoms with Crippen LogP contribution < -0.4 is 15.0 Å². The molecule has 0 saturated heterocycles. The van der Waals surface area contributed by atoms with Gasteiger partial charge in [-0.25, -0.2) is 0 Å². The first kappa shape index (κ1) is 17.9. The first-order valence-corrected chi connectivity index (χ1v) is 13.4. The molecule has 0 atom stereocenters. The van der Waals surface area contributed by atoms with Gasteiger partial charge in [-0.1, -0.05) is 78.9 Å². The van der Waals surface area contributed by atoms with Crippen LogP contribution in [-0.2, 0) is 0 Å². The van der Waals surface area contributed by atoms with Crippen molar-refractivity contribution in [1.82, 2.24) is 0 Å². The van der Waals surface area contributed by atoms with Crippen LogP contribution in [0.3, 0.4) is 0 Å². The number of hydrogen-bond acceptors (Lipinski definition) is 1. The summed E-state index contributed by atoms with van der Waals surface area (Å²) in [5.74, 6) is 1.00. The maximum absolute atomic E-state index is 6.37. The van der Waals surface area contributed by atoms with Gasteiger partial charge in [0.25, 0.3) is 0 Å². The zero-order chi connectivity index (χ0) is 17.5. The van der Waals surface area contributed by atoms with Gasteiger partial charge in [-0.15, -0.1) is 0 Å². The molecule has 0 fully saturated rings. The SMILES string of the molecule is C[Si](C)(CCP(c1ccccc1)c1ccccc1)Oc1ccccc1. The van der Waals surface area contributed by atoms with E-state index in [1.54, 1.807) is 0 Å². The molecular weight excluding hydrogens is 339 g/mol. The maximum Gasteiger partial charge on any atom is 0.245 e. The third kappa shape index (κ3) is 5.29. The minimum atomic E-state index is -1.76. The van der Waals surface area contributed by atoms with E-state index >= 15 is 0 Å². The van der Waals surface area contributed by atoms with Crippen molar-refractivity contribution in [3.63, 3.8) is 0 Å². The van der Waals surface area contributed by atoms with E-state index in [1.807, 2.05) is 18.2 Å². The first-order chi connectivity index (χ1) is 12.1. The van der Waals surface area contributed by atoms with Crippen LogP contribution in [0.4, 0.5) is 0 Å². The Labute approximate surface area is 153 Å². The van der Waals surface area contributed by atoms with Crippen molar-refractivity contribution in [3.05, 3.63) is 91.0 Å². The van der Waals surface area contributed by atoms with Crippen molar-refractivity contribution in [3.8, 4) is 5.75 Å². The average molecular weight is 365 g/mol. The summed E-state index contributed by atoms with van der Waals surface area (Å²) in [4.78, 5) is 0. The molecule has 0 amide bonds. The molecule has 0 bridgehead atoms. The predicted octanol–water partition coefficient (Wildman–Crippen LogP) is 5.40. The van der Waals surface area contributed by atoms with Crippen molar-refractivity contribution in [2.45, 2.75) is 19.1 Å². The quantitative estimate of drug-likeness (QED) is 0.403. The van der Waals surface area contributed by atoms with E-state index in [4.69, 9.17) is 4.43 Å². The van der Waals surface area contributed by atoms with E-state index in [1.165, 1.54) is 16.8 Å². The molecule has 0 radical (unpaired) electrons. The van der Waals surface area contributed by atoms with E-state index in [0.717, 1.165) is 11.8 Å². The van der Waals surface area contributed by atoms with Gasteiger partial charge in [0.2, 0.25) is 8.32 Å². The third-order valence-corrected chi connectivity index (χ3v) is 9.39. The normalized spacial score (nSPS) is 11.5. The second-order valence-electron chi connectivity index (χ2n) is 6.75. The summed E-state index contributed by atoms with van der Waals surface area (Å²) >= 11 is 0. The topological polar surface area (TPSA) is 9.23 Å². The Kier molecular flexibility index (Phi) is 6.07. The lowest BCUT2D eigenvalue weighted by Crippen LogP contribution is -2.35.